The minimum atomic E-state index is -1.01. The van der Waals surface area contributed by atoms with Crippen molar-refractivity contribution in [2.45, 2.75) is 18.4 Å². The van der Waals surface area contributed by atoms with E-state index in [2.05, 4.69) is 19.9 Å². The molecular formula is C16H20N6O2. The minimum absolute atomic E-state index is 0.214. The number of anilines is 1. The highest BCUT2D eigenvalue weighted by Gasteiger charge is 2.36. The number of aromatic nitrogens is 4. The molecule has 0 aromatic carbocycles. The van der Waals surface area contributed by atoms with Crippen molar-refractivity contribution in [1.82, 2.24) is 24.8 Å². The molecule has 1 aliphatic rings. The third-order valence-corrected chi connectivity index (χ3v) is 4.05. The van der Waals surface area contributed by atoms with Gasteiger partial charge in [0.05, 0.1) is 24.9 Å². The molecule has 0 saturated carbocycles. The molecule has 1 fully saturated rings. The Hall–Kier alpha value is -2.61. The molecule has 0 unspecified atom stereocenters. The van der Waals surface area contributed by atoms with E-state index in [4.69, 9.17) is 0 Å². The fourth-order valence-electron chi connectivity index (χ4n) is 2.99. The zero-order valence-corrected chi connectivity index (χ0v) is 13.5. The molecule has 2 aromatic rings. The van der Waals surface area contributed by atoms with Crippen molar-refractivity contribution in [3.05, 3.63) is 42.7 Å². The van der Waals surface area contributed by atoms with Crippen LogP contribution in [0.5, 0.6) is 0 Å². The van der Waals surface area contributed by atoms with Crippen molar-refractivity contribution in [1.29, 1.82) is 0 Å². The van der Waals surface area contributed by atoms with Crippen LogP contribution in [-0.2, 0) is 0 Å². The number of aliphatic hydroxyl groups is 1. The fourth-order valence-corrected chi connectivity index (χ4v) is 2.99. The number of hydrogen-bond acceptors (Lipinski definition) is 7. The first-order valence-corrected chi connectivity index (χ1v) is 7.83. The molecule has 0 bridgehead atoms. The molecule has 24 heavy (non-hydrogen) atoms. The lowest BCUT2D eigenvalue weighted by atomic mass is 9.92. The van der Waals surface area contributed by atoms with Crippen LogP contribution in [0.25, 0.3) is 0 Å². The predicted octanol–water partition coefficient (Wildman–Crippen LogP) is 0.370. The summed E-state index contributed by atoms with van der Waals surface area (Å²) in [7, 11) is 1.66. The Labute approximate surface area is 140 Å². The minimum Gasteiger partial charge on any atom is -0.386 e. The Kier molecular flexibility index (Phi) is 4.66. The standard InChI is InChI=1S/C16H20N6O2/c1-21(14(23)13-10-17-7-8-18-13)11-16(24)4-2-9-22(12-16)15-19-5-3-6-20-15/h3,5-8,10,24H,2,4,9,11-12H2,1H3/t16-/m0/s1. The summed E-state index contributed by atoms with van der Waals surface area (Å²) in [6, 6.07) is 1.76. The number of nitrogens with zero attached hydrogens (tertiary/aromatic N) is 6. The summed E-state index contributed by atoms with van der Waals surface area (Å²) >= 11 is 0. The van der Waals surface area contributed by atoms with Gasteiger partial charge in [-0.05, 0) is 18.9 Å². The summed E-state index contributed by atoms with van der Waals surface area (Å²) in [6.07, 6.45) is 9.21. The van der Waals surface area contributed by atoms with E-state index >= 15 is 0 Å². The summed E-state index contributed by atoms with van der Waals surface area (Å²) < 4.78 is 0. The van der Waals surface area contributed by atoms with Crippen molar-refractivity contribution >= 4 is 11.9 Å². The monoisotopic (exact) mass is 328 g/mol. The molecule has 126 valence electrons. The van der Waals surface area contributed by atoms with Crippen molar-refractivity contribution in [3.63, 3.8) is 0 Å². The quantitative estimate of drug-likeness (QED) is 0.866. The molecule has 0 spiro atoms. The molecule has 8 nitrogen and oxygen atoms in total. The largest absolute Gasteiger partial charge is 0.386 e. The molecule has 8 heteroatoms. The van der Waals surface area contributed by atoms with Crippen LogP contribution >= 0.6 is 0 Å². The van der Waals surface area contributed by atoms with Gasteiger partial charge in [-0.3, -0.25) is 9.78 Å². The summed E-state index contributed by atoms with van der Waals surface area (Å²) in [5.41, 5.74) is -0.744. The lowest BCUT2D eigenvalue weighted by Crippen LogP contribution is -2.55. The maximum absolute atomic E-state index is 12.4. The molecule has 0 radical (unpaired) electrons. The van der Waals surface area contributed by atoms with E-state index in [1.165, 1.54) is 23.5 Å². The second kappa shape index (κ2) is 6.88. The van der Waals surface area contributed by atoms with Gasteiger partial charge in [-0.1, -0.05) is 0 Å². The molecule has 0 aliphatic carbocycles. The number of rotatable bonds is 4. The molecule has 2 aromatic heterocycles. The molecule has 3 rings (SSSR count). The van der Waals surface area contributed by atoms with Gasteiger partial charge in [-0.2, -0.15) is 0 Å². The normalized spacial score (nSPS) is 20.7. The SMILES string of the molecule is CN(C[C@@]1(O)CCCN(c2ncccn2)C1)C(=O)c1cnccn1. The van der Waals surface area contributed by atoms with E-state index < -0.39 is 5.60 Å². The second-order valence-corrected chi connectivity index (χ2v) is 6.05. The number of carbonyl (C=O) groups is 1. The van der Waals surface area contributed by atoms with Gasteiger partial charge in [0.25, 0.3) is 5.91 Å². The second-order valence-electron chi connectivity index (χ2n) is 6.05. The molecule has 1 amide bonds. The average molecular weight is 328 g/mol. The summed E-state index contributed by atoms with van der Waals surface area (Å²) in [6.45, 7) is 1.38. The summed E-state index contributed by atoms with van der Waals surface area (Å²) in [5, 5.41) is 10.9. The van der Waals surface area contributed by atoms with E-state index in [-0.39, 0.29) is 18.1 Å². The van der Waals surface area contributed by atoms with Gasteiger partial charge in [0.1, 0.15) is 5.69 Å². The average Bonchev–Trinajstić information content (AvgIpc) is 2.62. The van der Waals surface area contributed by atoms with Gasteiger partial charge >= 0.3 is 0 Å². The van der Waals surface area contributed by atoms with Crippen LogP contribution in [0.1, 0.15) is 23.3 Å². The smallest absolute Gasteiger partial charge is 0.273 e. The molecule has 3 heterocycles. The third kappa shape index (κ3) is 3.65. The Bertz CT molecular complexity index is 683. The number of likely N-dealkylation sites (N-methyl/N-ethyl adjacent to an activating group) is 1. The van der Waals surface area contributed by atoms with Crippen LogP contribution in [-0.4, -0.2) is 68.1 Å². The van der Waals surface area contributed by atoms with Crippen LogP contribution in [0.4, 0.5) is 5.95 Å². The van der Waals surface area contributed by atoms with Gasteiger partial charge in [-0.15, -0.1) is 0 Å². The zero-order valence-electron chi connectivity index (χ0n) is 13.5. The number of hydrogen-bond donors (Lipinski definition) is 1. The Morgan fingerprint density at radius 2 is 2.08 bits per heavy atom. The van der Waals surface area contributed by atoms with Crippen LogP contribution in [0.2, 0.25) is 0 Å². The van der Waals surface area contributed by atoms with Crippen LogP contribution < -0.4 is 4.90 Å². The predicted molar refractivity (Wildman–Crippen MR) is 87.4 cm³/mol. The Balaban J connectivity index is 1.68. The lowest BCUT2D eigenvalue weighted by Gasteiger charge is -2.41. The first-order valence-electron chi connectivity index (χ1n) is 7.83. The van der Waals surface area contributed by atoms with Gasteiger partial charge < -0.3 is 14.9 Å². The van der Waals surface area contributed by atoms with E-state index in [0.717, 1.165) is 13.0 Å². The van der Waals surface area contributed by atoms with E-state index in [1.54, 1.807) is 25.5 Å². The van der Waals surface area contributed by atoms with Crippen molar-refractivity contribution in [2.75, 3.05) is 31.6 Å². The van der Waals surface area contributed by atoms with Crippen molar-refractivity contribution in [3.8, 4) is 0 Å². The van der Waals surface area contributed by atoms with Gasteiger partial charge in [0.2, 0.25) is 5.95 Å². The van der Waals surface area contributed by atoms with Gasteiger partial charge in [-0.25, -0.2) is 15.0 Å². The number of amides is 1. The van der Waals surface area contributed by atoms with Crippen molar-refractivity contribution < 1.29 is 9.90 Å². The first kappa shape index (κ1) is 16.3. The third-order valence-electron chi connectivity index (χ3n) is 4.05. The number of piperidine rings is 1. The Morgan fingerprint density at radius 3 is 2.79 bits per heavy atom. The van der Waals surface area contributed by atoms with Crippen LogP contribution in [0, 0.1) is 0 Å². The van der Waals surface area contributed by atoms with E-state index in [1.807, 2.05) is 4.90 Å². The number of β-amino-alcohol motifs (C(OH)–C–C–N with tert-alkyl or cyclic N) is 1. The number of carbonyl (C=O) groups excluding carboxylic acids is 1. The summed E-state index contributed by atoms with van der Waals surface area (Å²) in [5.74, 6) is 0.336. The first-order chi connectivity index (χ1) is 11.6. The van der Waals surface area contributed by atoms with E-state index in [9.17, 15) is 9.90 Å². The van der Waals surface area contributed by atoms with Gasteiger partial charge in [0, 0.05) is 38.4 Å². The maximum atomic E-state index is 12.4. The van der Waals surface area contributed by atoms with Crippen molar-refractivity contribution in [2.24, 2.45) is 0 Å². The molecule has 1 N–H and O–H groups in total. The molecule has 1 atom stereocenters. The highest BCUT2D eigenvalue weighted by atomic mass is 16.3. The fraction of sp³-hybridized carbons (Fsp3) is 0.438. The molecule has 1 aliphatic heterocycles. The zero-order chi connectivity index (χ0) is 17.0. The molecular weight excluding hydrogens is 308 g/mol. The Morgan fingerprint density at radius 1 is 1.29 bits per heavy atom. The van der Waals surface area contributed by atoms with Crippen LogP contribution in [0.15, 0.2) is 37.1 Å². The lowest BCUT2D eigenvalue weighted by molar-refractivity contribution is -0.000453. The van der Waals surface area contributed by atoms with Gasteiger partial charge in [0.15, 0.2) is 0 Å². The van der Waals surface area contributed by atoms with Crippen LogP contribution in [0.3, 0.4) is 0 Å². The highest BCUT2D eigenvalue weighted by molar-refractivity contribution is 5.91. The van der Waals surface area contributed by atoms with E-state index in [0.29, 0.717) is 18.9 Å². The maximum Gasteiger partial charge on any atom is 0.273 e. The topological polar surface area (TPSA) is 95.3 Å². The highest BCUT2D eigenvalue weighted by Crippen LogP contribution is 2.24. The summed E-state index contributed by atoms with van der Waals surface area (Å²) in [4.78, 5) is 32.2. The molecule has 1 saturated heterocycles.